The first-order valence-corrected chi connectivity index (χ1v) is 6.88. The van der Waals surface area contributed by atoms with Gasteiger partial charge in [0.15, 0.2) is 5.75 Å². The molecule has 21 heavy (non-hydrogen) atoms. The summed E-state index contributed by atoms with van der Waals surface area (Å²) in [5.74, 6) is 0.0368. The molecule has 0 unspecified atom stereocenters. The molecule has 0 aliphatic carbocycles. The monoisotopic (exact) mass is 280 g/mol. The number of aryl methyl sites for hydroxylation is 1. The molecule has 1 aliphatic heterocycles. The van der Waals surface area contributed by atoms with Gasteiger partial charge >= 0.3 is 0 Å². The number of aromatic hydroxyl groups is 1. The minimum atomic E-state index is -0.159. The zero-order valence-corrected chi connectivity index (χ0v) is 11.8. The average Bonchev–Trinajstić information content (AvgIpc) is 2.52. The van der Waals surface area contributed by atoms with Gasteiger partial charge in [0.2, 0.25) is 0 Å². The fourth-order valence-corrected chi connectivity index (χ4v) is 2.85. The van der Waals surface area contributed by atoms with E-state index in [1.807, 2.05) is 24.3 Å². The summed E-state index contributed by atoms with van der Waals surface area (Å²) in [6.07, 6.45) is 3.79. The molecule has 4 heteroatoms. The molecule has 0 saturated carbocycles. The molecule has 106 valence electrons. The average molecular weight is 280 g/mol. The molecular formula is C17H16N2O2. The normalized spacial score (nSPS) is 13.0. The molecule has 4 nitrogen and oxygen atoms in total. The number of aromatic nitrogens is 1. The van der Waals surface area contributed by atoms with Gasteiger partial charge in [-0.15, -0.1) is 0 Å². The van der Waals surface area contributed by atoms with E-state index in [-0.39, 0.29) is 11.3 Å². The van der Waals surface area contributed by atoms with E-state index in [4.69, 9.17) is 0 Å². The minimum Gasteiger partial charge on any atom is -0.504 e. The maximum absolute atomic E-state index is 12.6. The van der Waals surface area contributed by atoms with E-state index in [0.717, 1.165) is 17.5 Å². The molecule has 2 aromatic rings. The third-order valence-electron chi connectivity index (χ3n) is 3.79. The predicted octanol–water partition coefficient (Wildman–Crippen LogP) is 3.14. The lowest BCUT2D eigenvalue weighted by atomic mass is 9.95. The van der Waals surface area contributed by atoms with Crippen molar-refractivity contribution in [2.24, 2.45) is 4.99 Å². The Morgan fingerprint density at radius 2 is 2.14 bits per heavy atom. The van der Waals surface area contributed by atoms with Crippen molar-refractivity contribution in [3.05, 3.63) is 52.3 Å². The lowest BCUT2D eigenvalue weighted by Gasteiger charge is -2.24. The van der Waals surface area contributed by atoms with E-state index in [1.165, 1.54) is 6.08 Å². The highest BCUT2D eigenvalue weighted by atomic mass is 16.3. The van der Waals surface area contributed by atoms with Crippen LogP contribution >= 0.6 is 0 Å². The van der Waals surface area contributed by atoms with E-state index in [0.29, 0.717) is 23.5 Å². The van der Waals surface area contributed by atoms with Crippen LogP contribution in [0.1, 0.15) is 18.1 Å². The van der Waals surface area contributed by atoms with Crippen LogP contribution in [0.15, 0.2) is 40.6 Å². The Kier molecular flexibility index (Phi) is 3.22. The fourth-order valence-electron chi connectivity index (χ4n) is 2.85. The molecular weight excluding hydrogens is 264 g/mol. The van der Waals surface area contributed by atoms with Crippen molar-refractivity contribution in [2.75, 3.05) is 0 Å². The van der Waals surface area contributed by atoms with Crippen LogP contribution in [-0.4, -0.2) is 15.9 Å². The standard InChI is InChI=1S/C17H16N2O2/c1-3-12-14(18-4-2)16(20)15-13-8-6-5-7-11(13)9-10-19(15)17(12)21/h3-8,20H,1,9-10H2,2H3. The number of aliphatic imine (C=N–C) groups is 1. The molecule has 0 radical (unpaired) electrons. The number of rotatable bonds is 2. The number of pyridine rings is 1. The molecule has 0 spiro atoms. The van der Waals surface area contributed by atoms with Crippen LogP contribution in [-0.2, 0) is 13.0 Å². The second-order valence-electron chi connectivity index (χ2n) is 4.91. The van der Waals surface area contributed by atoms with Gasteiger partial charge in [0.25, 0.3) is 5.56 Å². The van der Waals surface area contributed by atoms with Gasteiger partial charge in [-0.2, -0.15) is 0 Å². The van der Waals surface area contributed by atoms with Gasteiger partial charge in [-0.3, -0.25) is 9.79 Å². The van der Waals surface area contributed by atoms with E-state index in [9.17, 15) is 9.90 Å². The van der Waals surface area contributed by atoms with Crippen LogP contribution in [0, 0.1) is 0 Å². The van der Waals surface area contributed by atoms with Gasteiger partial charge < -0.3 is 9.67 Å². The summed E-state index contributed by atoms with van der Waals surface area (Å²) in [6.45, 7) is 5.97. The first-order chi connectivity index (χ1) is 10.2. The van der Waals surface area contributed by atoms with Gasteiger partial charge in [0.1, 0.15) is 5.69 Å². The van der Waals surface area contributed by atoms with Crippen molar-refractivity contribution in [3.63, 3.8) is 0 Å². The van der Waals surface area contributed by atoms with Crippen molar-refractivity contribution >= 4 is 18.0 Å². The largest absolute Gasteiger partial charge is 0.504 e. The van der Waals surface area contributed by atoms with Crippen LogP contribution in [0.5, 0.6) is 5.75 Å². The number of fused-ring (bicyclic) bond motifs is 3. The van der Waals surface area contributed by atoms with E-state index in [1.54, 1.807) is 17.7 Å². The Hall–Kier alpha value is -2.62. The van der Waals surface area contributed by atoms with E-state index < -0.39 is 0 Å². The number of benzene rings is 1. The van der Waals surface area contributed by atoms with Crippen molar-refractivity contribution in [1.29, 1.82) is 0 Å². The number of nitrogens with zero attached hydrogens (tertiary/aromatic N) is 2. The summed E-state index contributed by atoms with van der Waals surface area (Å²) in [4.78, 5) is 16.8. The van der Waals surface area contributed by atoms with E-state index >= 15 is 0 Å². The van der Waals surface area contributed by atoms with Gasteiger partial charge in [-0.05, 0) is 18.9 Å². The summed E-state index contributed by atoms with van der Waals surface area (Å²) in [6, 6.07) is 7.81. The lowest BCUT2D eigenvalue weighted by molar-refractivity contribution is 0.467. The second kappa shape index (κ2) is 5.05. The first kappa shape index (κ1) is 13.4. The summed E-state index contributed by atoms with van der Waals surface area (Å²) < 4.78 is 1.61. The summed E-state index contributed by atoms with van der Waals surface area (Å²) in [5.41, 5.74) is 3.04. The molecule has 1 aromatic heterocycles. The zero-order chi connectivity index (χ0) is 15.0. The lowest BCUT2D eigenvalue weighted by Crippen LogP contribution is -2.27. The third kappa shape index (κ3) is 1.91. The molecule has 1 aliphatic rings. The molecule has 2 heterocycles. The zero-order valence-electron chi connectivity index (χ0n) is 11.8. The summed E-state index contributed by atoms with van der Waals surface area (Å²) in [5, 5.41) is 10.6. The van der Waals surface area contributed by atoms with Crippen LogP contribution in [0.3, 0.4) is 0 Å². The molecule has 0 bridgehead atoms. The quantitative estimate of drug-likeness (QED) is 0.859. The Labute approximate surface area is 122 Å². The van der Waals surface area contributed by atoms with Gasteiger partial charge in [-0.1, -0.05) is 36.9 Å². The minimum absolute atomic E-state index is 0.0368. The molecule has 0 fully saturated rings. The first-order valence-electron chi connectivity index (χ1n) is 6.88. The molecule has 0 saturated heterocycles. The molecule has 3 rings (SSSR count). The number of hydrogen-bond acceptors (Lipinski definition) is 3. The maximum atomic E-state index is 12.6. The van der Waals surface area contributed by atoms with Crippen LogP contribution in [0.2, 0.25) is 0 Å². The van der Waals surface area contributed by atoms with E-state index in [2.05, 4.69) is 11.6 Å². The Morgan fingerprint density at radius 1 is 1.38 bits per heavy atom. The van der Waals surface area contributed by atoms with Crippen molar-refractivity contribution < 1.29 is 5.11 Å². The van der Waals surface area contributed by atoms with Crippen molar-refractivity contribution in [3.8, 4) is 17.0 Å². The second-order valence-corrected chi connectivity index (χ2v) is 4.91. The molecule has 1 aromatic carbocycles. The molecule has 1 N–H and O–H groups in total. The van der Waals surface area contributed by atoms with Crippen LogP contribution in [0.4, 0.5) is 5.69 Å². The Balaban J connectivity index is 2.45. The third-order valence-corrected chi connectivity index (χ3v) is 3.79. The highest BCUT2D eigenvalue weighted by molar-refractivity contribution is 5.83. The summed E-state index contributed by atoms with van der Waals surface area (Å²) in [7, 11) is 0. The SMILES string of the molecule is C=Cc1c(N=CC)c(O)c2n(c1=O)CCc1ccccc1-2. The number of hydrogen-bond donors (Lipinski definition) is 1. The predicted molar refractivity (Wildman–Crippen MR) is 85.4 cm³/mol. The molecule has 0 atom stereocenters. The Bertz CT molecular complexity index is 816. The highest BCUT2D eigenvalue weighted by Crippen LogP contribution is 2.41. The van der Waals surface area contributed by atoms with Crippen LogP contribution < -0.4 is 5.56 Å². The highest BCUT2D eigenvalue weighted by Gasteiger charge is 2.25. The van der Waals surface area contributed by atoms with Gasteiger partial charge in [0.05, 0.1) is 11.3 Å². The van der Waals surface area contributed by atoms with Gasteiger partial charge in [0, 0.05) is 18.3 Å². The fraction of sp³-hybridized carbons (Fsp3) is 0.176. The summed E-state index contributed by atoms with van der Waals surface area (Å²) >= 11 is 0. The van der Waals surface area contributed by atoms with Crippen molar-refractivity contribution in [1.82, 2.24) is 4.57 Å². The maximum Gasteiger partial charge on any atom is 0.260 e. The van der Waals surface area contributed by atoms with Crippen molar-refractivity contribution in [2.45, 2.75) is 19.9 Å². The smallest absolute Gasteiger partial charge is 0.260 e. The molecule has 0 amide bonds. The Morgan fingerprint density at radius 3 is 2.86 bits per heavy atom. The van der Waals surface area contributed by atoms with Gasteiger partial charge in [-0.25, -0.2) is 0 Å². The van der Waals surface area contributed by atoms with Crippen LogP contribution in [0.25, 0.3) is 17.3 Å². The topological polar surface area (TPSA) is 54.6 Å².